The van der Waals surface area contributed by atoms with E-state index in [-0.39, 0.29) is 12.5 Å². The number of benzene rings is 1. The Hall–Kier alpha value is -1.20. The van der Waals surface area contributed by atoms with Crippen molar-refractivity contribution in [2.45, 2.75) is 19.0 Å². The maximum absolute atomic E-state index is 11.2. The van der Waals surface area contributed by atoms with E-state index < -0.39 is 0 Å². The Labute approximate surface area is 110 Å². The molecular formula is C13H16N2O2S. The summed E-state index contributed by atoms with van der Waals surface area (Å²) in [5.41, 5.74) is 1.96. The molecule has 0 bridgehead atoms. The summed E-state index contributed by atoms with van der Waals surface area (Å²) in [7, 11) is 0. The van der Waals surface area contributed by atoms with Crippen molar-refractivity contribution in [1.82, 2.24) is 5.32 Å². The fourth-order valence-corrected chi connectivity index (χ4v) is 3.38. The zero-order chi connectivity index (χ0) is 12.4. The van der Waals surface area contributed by atoms with Gasteiger partial charge in [-0.15, -0.1) is 0 Å². The van der Waals surface area contributed by atoms with E-state index >= 15 is 0 Å². The molecule has 4 nitrogen and oxygen atoms in total. The van der Waals surface area contributed by atoms with Gasteiger partial charge in [-0.3, -0.25) is 4.79 Å². The molecule has 2 heterocycles. The molecule has 96 valence electrons. The number of hydrogen-bond donors (Lipinski definition) is 2. The zero-order valence-corrected chi connectivity index (χ0v) is 10.9. The van der Waals surface area contributed by atoms with E-state index in [2.05, 4.69) is 10.6 Å². The Bertz CT molecular complexity index is 458. The van der Waals surface area contributed by atoms with Gasteiger partial charge in [0.15, 0.2) is 6.61 Å². The van der Waals surface area contributed by atoms with Gasteiger partial charge in [-0.2, -0.15) is 11.8 Å². The zero-order valence-electron chi connectivity index (χ0n) is 10.1. The molecule has 0 aliphatic carbocycles. The molecule has 1 unspecified atom stereocenters. The van der Waals surface area contributed by atoms with Crippen molar-refractivity contribution in [3.63, 3.8) is 0 Å². The summed E-state index contributed by atoms with van der Waals surface area (Å²) < 4.78 is 5.33. The summed E-state index contributed by atoms with van der Waals surface area (Å²) >= 11 is 2.00. The molecule has 1 amide bonds. The molecule has 1 aromatic rings. The van der Waals surface area contributed by atoms with Crippen LogP contribution in [0.15, 0.2) is 18.2 Å². The SMILES string of the molecule is O=C1COc2ccc(CNC3CCSC3)cc2N1. The lowest BCUT2D eigenvalue weighted by atomic mass is 10.1. The highest BCUT2D eigenvalue weighted by Gasteiger charge is 2.17. The van der Waals surface area contributed by atoms with Crippen molar-refractivity contribution >= 4 is 23.4 Å². The van der Waals surface area contributed by atoms with Gasteiger partial charge in [0.25, 0.3) is 5.91 Å². The highest BCUT2D eigenvalue weighted by Crippen LogP contribution is 2.28. The van der Waals surface area contributed by atoms with Crippen LogP contribution in [0.25, 0.3) is 0 Å². The molecule has 5 heteroatoms. The van der Waals surface area contributed by atoms with E-state index in [9.17, 15) is 4.79 Å². The van der Waals surface area contributed by atoms with Gasteiger partial charge in [0.05, 0.1) is 5.69 Å². The number of ether oxygens (including phenoxy) is 1. The molecule has 1 atom stereocenters. The van der Waals surface area contributed by atoms with Crippen LogP contribution in [0.4, 0.5) is 5.69 Å². The summed E-state index contributed by atoms with van der Waals surface area (Å²) in [4.78, 5) is 11.2. The average molecular weight is 264 g/mol. The predicted molar refractivity (Wildman–Crippen MR) is 73.1 cm³/mol. The van der Waals surface area contributed by atoms with Crippen LogP contribution in [0.3, 0.4) is 0 Å². The summed E-state index contributed by atoms with van der Waals surface area (Å²) in [6.45, 7) is 0.957. The number of anilines is 1. The smallest absolute Gasteiger partial charge is 0.262 e. The van der Waals surface area contributed by atoms with Crippen molar-refractivity contribution < 1.29 is 9.53 Å². The highest BCUT2D eigenvalue weighted by molar-refractivity contribution is 7.99. The fourth-order valence-electron chi connectivity index (χ4n) is 2.20. The van der Waals surface area contributed by atoms with Crippen LogP contribution in [-0.4, -0.2) is 30.1 Å². The molecule has 18 heavy (non-hydrogen) atoms. The Balaban J connectivity index is 1.65. The predicted octanol–water partition coefficient (Wildman–Crippen LogP) is 1.61. The van der Waals surface area contributed by atoms with E-state index in [1.165, 1.54) is 23.5 Å². The molecule has 3 rings (SSSR count). The van der Waals surface area contributed by atoms with Crippen molar-refractivity contribution in [1.29, 1.82) is 0 Å². The largest absolute Gasteiger partial charge is 0.482 e. The van der Waals surface area contributed by atoms with E-state index in [0.717, 1.165) is 18.0 Å². The molecule has 0 spiro atoms. The quantitative estimate of drug-likeness (QED) is 0.871. The molecular weight excluding hydrogens is 248 g/mol. The summed E-state index contributed by atoms with van der Waals surface area (Å²) in [6, 6.07) is 6.58. The molecule has 2 aliphatic heterocycles. The standard InChI is InChI=1S/C13H16N2O2S/c16-13-7-17-12-2-1-9(5-11(12)15-13)6-14-10-3-4-18-8-10/h1-2,5,10,14H,3-4,6-8H2,(H,15,16). The molecule has 0 aromatic heterocycles. The van der Waals surface area contributed by atoms with Crippen molar-refractivity contribution in [2.24, 2.45) is 0 Å². The number of hydrogen-bond acceptors (Lipinski definition) is 4. The van der Waals surface area contributed by atoms with Gasteiger partial charge in [0.1, 0.15) is 5.75 Å². The Kier molecular flexibility index (Phi) is 3.43. The number of carbonyl (C=O) groups excluding carboxylic acids is 1. The molecule has 2 aliphatic rings. The lowest BCUT2D eigenvalue weighted by Crippen LogP contribution is -2.28. The third-order valence-corrected chi connectivity index (χ3v) is 4.36. The van der Waals surface area contributed by atoms with E-state index in [1.807, 2.05) is 30.0 Å². The van der Waals surface area contributed by atoms with Crippen LogP contribution in [0.5, 0.6) is 5.75 Å². The topological polar surface area (TPSA) is 50.4 Å². The third-order valence-electron chi connectivity index (χ3n) is 3.20. The van der Waals surface area contributed by atoms with Crippen LogP contribution in [-0.2, 0) is 11.3 Å². The Morgan fingerprint density at radius 3 is 3.28 bits per heavy atom. The first-order valence-corrected chi connectivity index (χ1v) is 7.33. The van der Waals surface area contributed by atoms with E-state index in [0.29, 0.717) is 6.04 Å². The van der Waals surface area contributed by atoms with E-state index in [1.54, 1.807) is 0 Å². The fraction of sp³-hybridized carbons (Fsp3) is 0.462. The van der Waals surface area contributed by atoms with Crippen LogP contribution in [0, 0.1) is 0 Å². The molecule has 0 saturated carbocycles. The highest BCUT2D eigenvalue weighted by atomic mass is 32.2. The Morgan fingerprint density at radius 2 is 2.44 bits per heavy atom. The van der Waals surface area contributed by atoms with Gasteiger partial charge in [-0.25, -0.2) is 0 Å². The first-order valence-electron chi connectivity index (χ1n) is 6.18. The number of fused-ring (bicyclic) bond motifs is 1. The van der Waals surface area contributed by atoms with Gasteiger partial charge in [0, 0.05) is 18.3 Å². The van der Waals surface area contributed by atoms with Gasteiger partial charge in [-0.1, -0.05) is 6.07 Å². The molecule has 0 radical (unpaired) electrons. The van der Waals surface area contributed by atoms with Crippen molar-refractivity contribution in [2.75, 3.05) is 23.4 Å². The van der Waals surface area contributed by atoms with E-state index in [4.69, 9.17) is 4.74 Å². The van der Waals surface area contributed by atoms with Crippen LogP contribution in [0.1, 0.15) is 12.0 Å². The van der Waals surface area contributed by atoms with Crippen LogP contribution in [0.2, 0.25) is 0 Å². The summed E-state index contributed by atoms with van der Waals surface area (Å²) in [6.07, 6.45) is 1.25. The number of carbonyl (C=O) groups is 1. The number of amides is 1. The lowest BCUT2D eigenvalue weighted by Gasteiger charge is -2.19. The summed E-state index contributed by atoms with van der Waals surface area (Å²) in [5, 5.41) is 6.37. The summed E-state index contributed by atoms with van der Waals surface area (Å²) in [5.74, 6) is 3.13. The molecule has 1 fully saturated rings. The maximum atomic E-state index is 11.2. The Morgan fingerprint density at radius 1 is 1.50 bits per heavy atom. The normalized spacial score (nSPS) is 22.2. The second-order valence-corrected chi connectivity index (χ2v) is 5.76. The van der Waals surface area contributed by atoms with Crippen molar-refractivity contribution in [3.8, 4) is 5.75 Å². The van der Waals surface area contributed by atoms with Crippen LogP contribution >= 0.6 is 11.8 Å². The number of nitrogens with one attached hydrogen (secondary N) is 2. The van der Waals surface area contributed by atoms with Crippen LogP contribution < -0.4 is 15.4 Å². The second-order valence-electron chi connectivity index (χ2n) is 4.61. The minimum absolute atomic E-state index is 0.0835. The van der Waals surface area contributed by atoms with Gasteiger partial charge < -0.3 is 15.4 Å². The van der Waals surface area contributed by atoms with Gasteiger partial charge in [0.2, 0.25) is 0 Å². The van der Waals surface area contributed by atoms with Gasteiger partial charge >= 0.3 is 0 Å². The van der Waals surface area contributed by atoms with Gasteiger partial charge in [-0.05, 0) is 29.9 Å². The monoisotopic (exact) mass is 264 g/mol. The minimum Gasteiger partial charge on any atom is -0.482 e. The number of rotatable bonds is 3. The third kappa shape index (κ3) is 2.62. The second kappa shape index (κ2) is 5.20. The molecule has 1 aromatic carbocycles. The first kappa shape index (κ1) is 11.9. The lowest BCUT2D eigenvalue weighted by molar-refractivity contribution is -0.118. The molecule has 1 saturated heterocycles. The average Bonchev–Trinajstić information content (AvgIpc) is 2.89. The minimum atomic E-state index is -0.0835. The first-order chi connectivity index (χ1) is 8.81. The number of thioether (sulfide) groups is 1. The van der Waals surface area contributed by atoms with Crippen molar-refractivity contribution in [3.05, 3.63) is 23.8 Å². The molecule has 2 N–H and O–H groups in total. The maximum Gasteiger partial charge on any atom is 0.262 e.